The average molecular weight is 479 g/mol. The van der Waals surface area contributed by atoms with Gasteiger partial charge in [-0.2, -0.15) is 17.6 Å². The zero-order chi connectivity index (χ0) is 23.0. The molecular weight excluding hydrogens is 463 g/mol. The lowest BCUT2D eigenvalue weighted by molar-refractivity contribution is -0.149. The van der Waals surface area contributed by atoms with E-state index in [4.69, 9.17) is 23.2 Å². The number of benzene rings is 2. The van der Waals surface area contributed by atoms with Gasteiger partial charge in [0.2, 0.25) is 5.91 Å². The summed E-state index contributed by atoms with van der Waals surface area (Å²) >= 11 is 11.4. The Bertz CT molecular complexity index is 1010. The van der Waals surface area contributed by atoms with E-state index < -0.39 is 60.6 Å². The standard InChI is InChI=1S/C20H16Cl2F4N2O3/c21-14-5-1-3-12(7-14)19(23,24)10-27-16(29)9-17(30)28(18(27)31)11-20(25,26)13-4-2-6-15(22)8-13/h1-8,16,29H,9-11H2. The summed E-state index contributed by atoms with van der Waals surface area (Å²) in [4.78, 5) is 25.3. The predicted octanol–water partition coefficient (Wildman–Crippen LogP) is 4.85. The average Bonchev–Trinajstić information content (AvgIpc) is 2.68. The van der Waals surface area contributed by atoms with Gasteiger partial charge in [-0.05, 0) is 24.3 Å². The van der Waals surface area contributed by atoms with Gasteiger partial charge in [-0.3, -0.25) is 14.6 Å². The Labute approximate surface area is 184 Å². The van der Waals surface area contributed by atoms with Crippen LogP contribution in [0.5, 0.6) is 0 Å². The number of rotatable bonds is 6. The summed E-state index contributed by atoms with van der Waals surface area (Å²) in [6.07, 6.45) is -2.69. The molecule has 3 amide bonds. The van der Waals surface area contributed by atoms with Crippen LogP contribution in [0, 0.1) is 0 Å². The van der Waals surface area contributed by atoms with Gasteiger partial charge in [0.25, 0.3) is 11.8 Å². The molecule has 3 rings (SSSR count). The van der Waals surface area contributed by atoms with Crippen LogP contribution >= 0.6 is 23.2 Å². The Morgan fingerprint density at radius 3 is 1.87 bits per heavy atom. The van der Waals surface area contributed by atoms with Crippen molar-refractivity contribution in [1.82, 2.24) is 9.80 Å². The molecule has 1 fully saturated rings. The summed E-state index contributed by atoms with van der Waals surface area (Å²) in [6.45, 7) is -2.73. The number of hydrogen-bond donors (Lipinski definition) is 1. The first kappa shape index (κ1) is 23.3. The minimum Gasteiger partial charge on any atom is -0.373 e. The van der Waals surface area contributed by atoms with Crippen LogP contribution in [-0.4, -0.2) is 46.2 Å². The molecule has 0 aromatic heterocycles. The van der Waals surface area contributed by atoms with Crippen molar-refractivity contribution in [3.63, 3.8) is 0 Å². The third kappa shape index (κ3) is 5.11. The predicted molar refractivity (Wildman–Crippen MR) is 105 cm³/mol. The quantitative estimate of drug-likeness (QED) is 0.603. The zero-order valence-electron chi connectivity index (χ0n) is 15.7. The van der Waals surface area contributed by atoms with Gasteiger partial charge in [-0.1, -0.05) is 47.5 Å². The molecule has 1 atom stereocenters. The van der Waals surface area contributed by atoms with E-state index in [2.05, 4.69) is 0 Å². The number of aliphatic hydroxyl groups excluding tert-OH is 1. The first-order chi connectivity index (χ1) is 14.4. The second-order valence-electron chi connectivity index (χ2n) is 7.00. The largest absolute Gasteiger partial charge is 0.373 e. The van der Waals surface area contributed by atoms with E-state index in [-0.39, 0.29) is 19.8 Å². The van der Waals surface area contributed by atoms with Crippen molar-refractivity contribution < 1.29 is 32.3 Å². The number of halogens is 6. The third-order valence-electron chi connectivity index (χ3n) is 4.71. The maximum atomic E-state index is 14.7. The molecule has 1 aliphatic rings. The molecule has 0 saturated carbocycles. The molecule has 1 heterocycles. The molecule has 5 nitrogen and oxygen atoms in total. The normalized spacial score (nSPS) is 18.0. The molecule has 2 aromatic carbocycles. The van der Waals surface area contributed by atoms with E-state index >= 15 is 0 Å². The van der Waals surface area contributed by atoms with Crippen LogP contribution in [0.1, 0.15) is 17.5 Å². The van der Waals surface area contributed by atoms with Gasteiger partial charge in [0.05, 0.1) is 19.5 Å². The Kier molecular flexibility index (Phi) is 6.50. The van der Waals surface area contributed by atoms with Gasteiger partial charge in [0.1, 0.15) is 6.23 Å². The minimum atomic E-state index is -3.69. The summed E-state index contributed by atoms with van der Waals surface area (Å²) in [6, 6.07) is 7.93. The highest BCUT2D eigenvalue weighted by Crippen LogP contribution is 2.35. The highest BCUT2D eigenvalue weighted by Gasteiger charge is 2.47. The van der Waals surface area contributed by atoms with Crippen molar-refractivity contribution in [3.05, 3.63) is 69.7 Å². The Morgan fingerprint density at radius 1 is 0.903 bits per heavy atom. The zero-order valence-corrected chi connectivity index (χ0v) is 17.3. The van der Waals surface area contributed by atoms with Gasteiger partial charge >= 0.3 is 6.03 Å². The fourth-order valence-corrected chi connectivity index (χ4v) is 3.50. The van der Waals surface area contributed by atoms with Crippen molar-refractivity contribution in [2.45, 2.75) is 24.5 Å². The Hall–Kier alpha value is -2.36. The highest BCUT2D eigenvalue weighted by atomic mass is 35.5. The molecule has 0 spiro atoms. The van der Waals surface area contributed by atoms with E-state index in [9.17, 15) is 32.3 Å². The second kappa shape index (κ2) is 8.64. The van der Waals surface area contributed by atoms with Gasteiger partial charge in [-0.25, -0.2) is 4.79 Å². The van der Waals surface area contributed by atoms with Crippen molar-refractivity contribution >= 4 is 35.1 Å². The van der Waals surface area contributed by atoms with E-state index in [1.165, 1.54) is 24.3 Å². The van der Waals surface area contributed by atoms with Gasteiger partial charge in [0.15, 0.2) is 0 Å². The molecule has 0 bridgehead atoms. The van der Waals surface area contributed by atoms with Crippen molar-refractivity contribution in [3.8, 4) is 0 Å². The van der Waals surface area contributed by atoms with Crippen LogP contribution in [0.4, 0.5) is 22.4 Å². The molecular formula is C20H16Cl2F4N2O3. The fraction of sp³-hybridized carbons (Fsp3) is 0.300. The van der Waals surface area contributed by atoms with E-state index in [0.29, 0.717) is 0 Å². The van der Waals surface area contributed by atoms with Crippen LogP contribution in [0.15, 0.2) is 48.5 Å². The smallest absolute Gasteiger partial charge is 0.329 e. The number of amides is 3. The highest BCUT2D eigenvalue weighted by molar-refractivity contribution is 6.30. The second-order valence-corrected chi connectivity index (χ2v) is 7.88. The minimum absolute atomic E-state index is 0.0201. The van der Waals surface area contributed by atoms with Crippen LogP contribution in [0.3, 0.4) is 0 Å². The van der Waals surface area contributed by atoms with Gasteiger partial charge in [0, 0.05) is 21.2 Å². The molecule has 31 heavy (non-hydrogen) atoms. The number of aliphatic hydroxyl groups is 1. The number of carbonyl (C=O) groups is 2. The summed E-state index contributed by atoms with van der Waals surface area (Å²) in [5, 5.41) is 10.1. The number of urea groups is 1. The third-order valence-corrected chi connectivity index (χ3v) is 5.18. The van der Waals surface area contributed by atoms with Crippen molar-refractivity contribution in [1.29, 1.82) is 0 Å². The maximum Gasteiger partial charge on any atom is 0.329 e. The first-order valence-corrected chi connectivity index (χ1v) is 9.73. The van der Waals surface area contributed by atoms with Crippen LogP contribution in [0.2, 0.25) is 10.0 Å². The number of nitrogens with zero attached hydrogens (tertiary/aromatic N) is 2. The fourth-order valence-electron chi connectivity index (χ4n) is 3.12. The number of carbonyl (C=O) groups excluding carboxylic acids is 2. The lowest BCUT2D eigenvalue weighted by Crippen LogP contribution is -2.60. The summed E-state index contributed by atoms with van der Waals surface area (Å²) < 4.78 is 58.8. The summed E-state index contributed by atoms with van der Waals surface area (Å²) in [7, 11) is 0. The SMILES string of the molecule is O=C1CC(O)N(CC(F)(F)c2cccc(Cl)c2)C(=O)N1CC(F)(F)c1cccc(Cl)c1. The van der Waals surface area contributed by atoms with Gasteiger partial charge in [-0.15, -0.1) is 0 Å². The molecule has 166 valence electrons. The molecule has 0 aliphatic carbocycles. The van der Waals surface area contributed by atoms with Gasteiger partial charge < -0.3 is 5.11 Å². The lowest BCUT2D eigenvalue weighted by Gasteiger charge is -2.40. The Morgan fingerprint density at radius 2 is 1.39 bits per heavy atom. The first-order valence-electron chi connectivity index (χ1n) is 8.97. The molecule has 1 N–H and O–H groups in total. The van der Waals surface area contributed by atoms with Crippen molar-refractivity contribution in [2.24, 2.45) is 0 Å². The lowest BCUT2D eigenvalue weighted by atomic mass is 10.1. The molecule has 0 radical (unpaired) electrons. The topological polar surface area (TPSA) is 60.9 Å². The molecule has 11 heteroatoms. The molecule has 1 saturated heterocycles. The molecule has 2 aromatic rings. The maximum absolute atomic E-state index is 14.7. The summed E-state index contributed by atoms with van der Waals surface area (Å²) in [5.74, 6) is -8.47. The van der Waals surface area contributed by atoms with Crippen LogP contribution in [-0.2, 0) is 16.6 Å². The van der Waals surface area contributed by atoms with Crippen LogP contribution < -0.4 is 0 Å². The molecule has 1 aliphatic heterocycles. The van der Waals surface area contributed by atoms with E-state index in [1.54, 1.807) is 0 Å². The number of alkyl halides is 4. The molecule has 1 unspecified atom stereocenters. The number of imide groups is 1. The van der Waals surface area contributed by atoms with E-state index in [1.807, 2.05) is 0 Å². The van der Waals surface area contributed by atoms with Crippen LogP contribution in [0.25, 0.3) is 0 Å². The van der Waals surface area contributed by atoms with E-state index in [0.717, 1.165) is 24.3 Å². The Balaban J connectivity index is 1.84. The summed E-state index contributed by atoms with van der Waals surface area (Å²) in [5.41, 5.74) is -1.09. The monoisotopic (exact) mass is 478 g/mol. The van der Waals surface area contributed by atoms with Crippen molar-refractivity contribution in [2.75, 3.05) is 13.1 Å². The number of hydrogen-bond acceptors (Lipinski definition) is 3.